The number of ether oxygens (including phenoxy) is 1. The van der Waals surface area contributed by atoms with Crippen LogP contribution in [-0.4, -0.2) is 42.9 Å². The molecule has 2 aromatic rings. The van der Waals surface area contributed by atoms with Crippen molar-refractivity contribution in [1.82, 2.24) is 16.0 Å². The molecular weight excluding hydrogens is 458 g/mol. The van der Waals surface area contributed by atoms with E-state index in [4.69, 9.17) is 4.74 Å². The molecule has 1 unspecified atom stereocenters. The molecular formula is C28H35N3O5. The first-order valence-electron chi connectivity index (χ1n) is 11.9. The van der Waals surface area contributed by atoms with Gasteiger partial charge in [0.2, 0.25) is 17.7 Å². The van der Waals surface area contributed by atoms with Crippen LogP contribution in [0, 0.1) is 5.92 Å². The number of benzene rings is 2. The fourth-order valence-corrected chi connectivity index (χ4v) is 3.77. The summed E-state index contributed by atoms with van der Waals surface area (Å²) < 4.78 is 4.85. The van der Waals surface area contributed by atoms with Crippen molar-refractivity contribution in [3.8, 4) is 0 Å². The van der Waals surface area contributed by atoms with Crippen LogP contribution >= 0.6 is 0 Å². The molecule has 2 rings (SSSR count). The lowest BCUT2D eigenvalue weighted by Crippen LogP contribution is -2.53. The van der Waals surface area contributed by atoms with Crippen LogP contribution in [0.15, 0.2) is 73.3 Å². The summed E-state index contributed by atoms with van der Waals surface area (Å²) >= 11 is 0. The molecule has 0 heterocycles. The van der Waals surface area contributed by atoms with Gasteiger partial charge >= 0.3 is 5.97 Å². The van der Waals surface area contributed by atoms with Crippen molar-refractivity contribution in [2.75, 3.05) is 7.11 Å². The van der Waals surface area contributed by atoms with Gasteiger partial charge in [-0.2, -0.15) is 0 Å². The van der Waals surface area contributed by atoms with E-state index in [0.29, 0.717) is 6.42 Å². The minimum absolute atomic E-state index is 0.0887. The van der Waals surface area contributed by atoms with Crippen molar-refractivity contribution in [3.05, 3.63) is 84.4 Å². The third-order valence-electron chi connectivity index (χ3n) is 5.54. The van der Waals surface area contributed by atoms with E-state index in [1.54, 1.807) is 0 Å². The molecule has 0 bridgehead atoms. The molecule has 0 aliphatic rings. The molecule has 8 nitrogen and oxygen atoms in total. The number of carbonyl (C=O) groups excluding carboxylic acids is 4. The summed E-state index contributed by atoms with van der Waals surface area (Å²) in [4.78, 5) is 50.6. The van der Waals surface area contributed by atoms with Gasteiger partial charge in [-0.15, -0.1) is 0 Å². The number of carbonyl (C=O) groups is 4. The quantitative estimate of drug-likeness (QED) is 0.293. The zero-order valence-electron chi connectivity index (χ0n) is 21.0. The summed E-state index contributed by atoms with van der Waals surface area (Å²) in [6.07, 6.45) is 1.67. The van der Waals surface area contributed by atoms with E-state index in [1.165, 1.54) is 7.11 Å². The number of hydrogen-bond donors (Lipinski definition) is 3. The summed E-state index contributed by atoms with van der Waals surface area (Å²) in [6, 6.07) is 16.0. The molecule has 3 N–H and O–H groups in total. The van der Waals surface area contributed by atoms with E-state index >= 15 is 0 Å². The Kier molecular flexibility index (Phi) is 11.4. The predicted molar refractivity (Wildman–Crippen MR) is 138 cm³/mol. The lowest BCUT2D eigenvalue weighted by molar-refractivity contribution is -0.145. The second-order valence-electron chi connectivity index (χ2n) is 8.90. The van der Waals surface area contributed by atoms with E-state index in [0.717, 1.165) is 17.2 Å². The van der Waals surface area contributed by atoms with Gasteiger partial charge in [-0.1, -0.05) is 81.1 Å². The molecule has 3 amide bonds. The SMILES string of the molecule is C=CC(=O)NC(CC(=O)N[C@@H](Cc1ccccc1)C(=O)N[C@@H](CC(C)C)C(=O)OC)c1ccccc1. The third-order valence-corrected chi connectivity index (χ3v) is 5.54. The Morgan fingerprint density at radius 1 is 0.889 bits per heavy atom. The van der Waals surface area contributed by atoms with Gasteiger partial charge in [0.1, 0.15) is 12.1 Å². The highest BCUT2D eigenvalue weighted by Gasteiger charge is 2.29. The Morgan fingerprint density at radius 3 is 2.06 bits per heavy atom. The van der Waals surface area contributed by atoms with Gasteiger partial charge in [0, 0.05) is 6.42 Å². The van der Waals surface area contributed by atoms with Gasteiger partial charge in [-0.05, 0) is 29.5 Å². The fraction of sp³-hybridized carbons (Fsp3) is 0.357. The van der Waals surface area contributed by atoms with Gasteiger partial charge < -0.3 is 20.7 Å². The van der Waals surface area contributed by atoms with Crippen molar-refractivity contribution in [3.63, 3.8) is 0 Å². The molecule has 0 aliphatic heterocycles. The van der Waals surface area contributed by atoms with Crippen LogP contribution in [0.3, 0.4) is 0 Å². The molecule has 0 fully saturated rings. The zero-order chi connectivity index (χ0) is 26.5. The second-order valence-corrected chi connectivity index (χ2v) is 8.90. The van der Waals surface area contributed by atoms with E-state index in [9.17, 15) is 19.2 Å². The monoisotopic (exact) mass is 493 g/mol. The number of amides is 3. The average molecular weight is 494 g/mol. The van der Waals surface area contributed by atoms with Crippen molar-refractivity contribution in [2.45, 2.75) is 51.2 Å². The summed E-state index contributed by atoms with van der Waals surface area (Å²) in [5.74, 6) is -1.74. The highest BCUT2D eigenvalue weighted by molar-refractivity contribution is 5.91. The lowest BCUT2D eigenvalue weighted by Gasteiger charge is -2.24. The first-order chi connectivity index (χ1) is 17.2. The number of nitrogens with one attached hydrogen (secondary N) is 3. The molecule has 0 spiro atoms. The molecule has 0 radical (unpaired) electrons. The maximum atomic E-state index is 13.3. The van der Waals surface area contributed by atoms with Gasteiger partial charge in [0.15, 0.2) is 0 Å². The smallest absolute Gasteiger partial charge is 0.328 e. The first-order valence-corrected chi connectivity index (χ1v) is 11.9. The highest BCUT2D eigenvalue weighted by atomic mass is 16.5. The molecule has 192 valence electrons. The maximum Gasteiger partial charge on any atom is 0.328 e. The third kappa shape index (κ3) is 9.37. The van der Waals surface area contributed by atoms with Crippen LogP contribution in [-0.2, 0) is 30.3 Å². The molecule has 0 aromatic heterocycles. The standard InChI is InChI=1S/C28H35N3O5/c1-5-25(32)29-22(21-14-10-7-11-15-21)18-26(33)30-23(17-20-12-8-6-9-13-20)27(34)31-24(16-19(2)3)28(35)36-4/h5-15,19,22-24H,1,16-18H2,2-4H3,(H,29,32)(H,30,33)(H,31,34)/t22?,23-,24-/m0/s1. The lowest BCUT2D eigenvalue weighted by atomic mass is 10.0. The minimum atomic E-state index is -0.939. The number of methoxy groups -OCH3 is 1. The van der Waals surface area contributed by atoms with Crippen molar-refractivity contribution in [1.29, 1.82) is 0 Å². The molecule has 0 saturated heterocycles. The van der Waals surface area contributed by atoms with Crippen LogP contribution in [0.5, 0.6) is 0 Å². The second kappa shape index (κ2) is 14.5. The van der Waals surface area contributed by atoms with Gasteiger partial charge in [-0.25, -0.2) is 4.79 Å². The number of rotatable bonds is 13. The van der Waals surface area contributed by atoms with Crippen molar-refractivity contribution >= 4 is 23.7 Å². The van der Waals surface area contributed by atoms with E-state index in [2.05, 4.69) is 22.5 Å². The highest BCUT2D eigenvalue weighted by Crippen LogP contribution is 2.17. The van der Waals surface area contributed by atoms with Crippen LogP contribution in [0.1, 0.15) is 43.9 Å². The summed E-state index contributed by atoms with van der Waals surface area (Å²) in [5, 5.41) is 8.29. The zero-order valence-corrected chi connectivity index (χ0v) is 21.0. The summed E-state index contributed by atoms with van der Waals surface area (Å²) in [5.41, 5.74) is 1.59. The Morgan fingerprint density at radius 2 is 1.50 bits per heavy atom. The van der Waals surface area contributed by atoms with Gasteiger partial charge in [-0.3, -0.25) is 14.4 Å². The van der Waals surface area contributed by atoms with Crippen molar-refractivity contribution in [2.24, 2.45) is 5.92 Å². The number of esters is 1. The first kappa shape index (κ1) is 28.3. The Bertz CT molecular complexity index is 1020. The minimum Gasteiger partial charge on any atom is -0.467 e. The van der Waals surface area contributed by atoms with Crippen LogP contribution in [0.2, 0.25) is 0 Å². The average Bonchev–Trinajstić information content (AvgIpc) is 2.87. The predicted octanol–water partition coefficient (Wildman–Crippen LogP) is 2.85. The summed E-state index contributed by atoms with van der Waals surface area (Å²) in [7, 11) is 1.27. The molecule has 0 saturated carbocycles. The normalized spacial score (nSPS) is 13.1. The molecule has 2 aromatic carbocycles. The molecule has 36 heavy (non-hydrogen) atoms. The fourth-order valence-electron chi connectivity index (χ4n) is 3.77. The van der Waals surface area contributed by atoms with Gasteiger partial charge in [0.25, 0.3) is 0 Å². The topological polar surface area (TPSA) is 114 Å². The van der Waals surface area contributed by atoms with Gasteiger partial charge in [0.05, 0.1) is 19.6 Å². The summed E-state index contributed by atoms with van der Waals surface area (Å²) in [6.45, 7) is 7.34. The van der Waals surface area contributed by atoms with Crippen LogP contribution < -0.4 is 16.0 Å². The largest absolute Gasteiger partial charge is 0.467 e. The Labute approximate surface area is 212 Å². The van der Waals surface area contributed by atoms with Crippen LogP contribution in [0.4, 0.5) is 0 Å². The molecule has 3 atom stereocenters. The Balaban J connectivity index is 2.22. The van der Waals surface area contributed by atoms with E-state index in [1.807, 2.05) is 74.5 Å². The van der Waals surface area contributed by atoms with E-state index < -0.39 is 41.8 Å². The molecule has 0 aliphatic carbocycles. The Hall–Kier alpha value is -3.94. The maximum absolute atomic E-state index is 13.3. The molecule has 8 heteroatoms. The van der Waals surface area contributed by atoms with Crippen molar-refractivity contribution < 1.29 is 23.9 Å². The van der Waals surface area contributed by atoms with E-state index in [-0.39, 0.29) is 18.8 Å². The number of hydrogen-bond acceptors (Lipinski definition) is 5. The van der Waals surface area contributed by atoms with Crippen LogP contribution in [0.25, 0.3) is 0 Å².